The van der Waals surface area contributed by atoms with E-state index in [0.717, 1.165) is 37.1 Å². The predicted octanol–water partition coefficient (Wildman–Crippen LogP) is 1.85. The normalized spacial score (nSPS) is 19.4. The van der Waals surface area contributed by atoms with Crippen molar-refractivity contribution in [2.24, 2.45) is 5.73 Å². The summed E-state index contributed by atoms with van der Waals surface area (Å²) in [6.07, 6.45) is 2.08. The monoisotopic (exact) mass is 275 g/mol. The van der Waals surface area contributed by atoms with Crippen LogP contribution in [0.2, 0.25) is 0 Å². The fourth-order valence-electron chi connectivity index (χ4n) is 2.56. The Labute approximate surface area is 117 Å². The fourth-order valence-corrected chi connectivity index (χ4v) is 2.56. The zero-order valence-corrected chi connectivity index (χ0v) is 11.4. The lowest BCUT2D eigenvalue weighted by Crippen LogP contribution is -2.43. The second kappa shape index (κ2) is 5.20. The van der Waals surface area contributed by atoms with Crippen molar-refractivity contribution in [2.45, 2.75) is 25.8 Å². The van der Waals surface area contributed by atoms with Gasteiger partial charge in [-0.1, -0.05) is 6.07 Å². The highest BCUT2D eigenvalue weighted by Gasteiger charge is 2.20. The molecule has 5 nitrogen and oxygen atoms in total. The lowest BCUT2D eigenvalue weighted by Gasteiger charge is -2.29. The van der Waals surface area contributed by atoms with E-state index in [4.69, 9.17) is 5.73 Å². The first kappa shape index (κ1) is 13.1. The molecule has 0 bridgehead atoms. The van der Waals surface area contributed by atoms with Crippen molar-refractivity contribution in [3.8, 4) is 11.4 Å². The van der Waals surface area contributed by atoms with Gasteiger partial charge in [0.15, 0.2) is 5.82 Å². The number of nitrogens with one attached hydrogen (secondary N) is 1. The molecular formula is C14H18FN5. The van der Waals surface area contributed by atoms with E-state index in [0.29, 0.717) is 11.8 Å². The van der Waals surface area contributed by atoms with Crippen LogP contribution in [0.5, 0.6) is 0 Å². The molecule has 3 rings (SSSR count). The highest BCUT2D eigenvalue weighted by atomic mass is 19.1. The number of nitrogens with two attached hydrogens (primary N) is 1. The molecule has 0 saturated carbocycles. The van der Waals surface area contributed by atoms with Crippen molar-refractivity contribution in [3.63, 3.8) is 0 Å². The van der Waals surface area contributed by atoms with Gasteiger partial charge in [0.1, 0.15) is 5.82 Å². The Balaban J connectivity index is 1.88. The molecule has 0 radical (unpaired) electrons. The molecule has 2 heterocycles. The van der Waals surface area contributed by atoms with Crippen molar-refractivity contribution < 1.29 is 4.39 Å². The minimum atomic E-state index is -0.274. The molecule has 1 unspecified atom stereocenters. The van der Waals surface area contributed by atoms with Gasteiger partial charge >= 0.3 is 0 Å². The SMILES string of the molecule is Cc1ccc(F)cc1-c1nc(N2CCCC(N)C2)n[nH]1. The number of rotatable bonds is 2. The molecule has 1 atom stereocenters. The van der Waals surface area contributed by atoms with Crippen LogP contribution >= 0.6 is 0 Å². The number of hydrogen-bond acceptors (Lipinski definition) is 4. The van der Waals surface area contributed by atoms with Crippen LogP contribution in [-0.2, 0) is 0 Å². The minimum Gasteiger partial charge on any atom is -0.338 e. The average molecular weight is 275 g/mol. The maximum Gasteiger partial charge on any atom is 0.245 e. The maximum atomic E-state index is 13.4. The van der Waals surface area contributed by atoms with E-state index in [1.165, 1.54) is 12.1 Å². The number of aromatic nitrogens is 3. The van der Waals surface area contributed by atoms with Crippen LogP contribution < -0.4 is 10.6 Å². The van der Waals surface area contributed by atoms with Gasteiger partial charge in [-0.2, -0.15) is 4.98 Å². The Kier molecular flexibility index (Phi) is 3.40. The Morgan fingerprint density at radius 3 is 3.10 bits per heavy atom. The van der Waals surface area contributed by atoms with Crippen LogP contribution in [0.25, 0.3) is 11.4 Å². The summed E-state index contributed by atoms with van der Waals surface area (Å²) in [6.45, 7) is 3.60. The van der Waals surface area contributed by atoms with Gasteiger partial charge in [-0.25, -0.2) is 4.39 Å². The first-order valence-electron chi connectivity index (χ1n) is 6.83. The van der Waals surface area contributed by atoms with Gasteiger partial charge in [0.25, 0.3) is 0 Å². The van der Waals surface area contributed by atoms with Crippen molar-refractivity contribution in [2.75, 3.05) is 18.0 Å². The van der Waals surface area contributed by atoms with Gasteiger partial charge < -0.3 is 10.6 Å². The smallest absolute Gasteiger partial charge is 0.245 e. The molecule has 20 heavy (non-hydrogen) atoms. The van der Waals surface area contributed by atoms with E-state index in [9.17, 15) is 4.39 Å². The molecule has 1 aromatic heterocycles. The van der Waals surface area contributed by atoms with E-state index in [1.807, 2.05) is 6.92 Å². The molecule has 0 spiro atoms. The lowest BCUT2D eigenvalue weighted by atomic mass is 10.1. The Bertz CT molecular complexity index is 609. The number of aromatic amines is 1. The second-order valence-electron chi connectivity index (χ2n) is 5.29. The summed E-state index contributed by atoms with van der Waals surface area (Å²) in [5.74, 6) is 0.957. The van der Waals surface area contributed by atoms with Crippen molar-refractivity contribution in [1.82, 2.24) is 15.2 Å². The van der Waals surface area contributed by atoms with Crippen LogP contribution in [-0.4, -0.2) is 34.3 Å². The number of hydrogen-bond donors (Lipinski definition) is 2. The van der Waals surface area contributed by atoms with Gasteiger partial charge in [0.2, 0.25) is 5.95 Å². The minimum absolute atomic E-state index is 0.168. The molecular weight excluding hydrogens is 257 g/mol. The summed E-state index contributed by atoms with van der Waals surface area (Å²) < 4.78 is 13.4. The number of H-pyrrole nitrogens is 1. The fraction of sp³-hybridized carbons (Fsp3) is 0.429. The highest BCUT2D eigenvalue weighted by molar-refractivity contribution is 5.61. The molecule has 1 saturated heterocycles. The Morgan fingerprint density at radius 1 is 1.45 bits per heavy atom. The molecule has 1 aromatic carbocycles. The quantitative estimate of drug-likeness (QED) is 0.877. The number of halogens is 1. The lowest BCUT2D eigenvalue weighted by molar-refractivity contribution is 0.500. The number of benzene rings is 1. The van der Waals surface area contributed by atoms with E-state index in [2.05, 4.69) is 20.1 Å². The van der Waals surface area contributed by atoms with Crippen LogP contribution in [0.1, 0.15) is 18.4 Å². The summed E-state index contributed by atoms with van der Waals surface area (Å²) in [5.41, 5.74) is 7.67. The van der Waals surface area contributed by atoms with Crippen LogP contribution in [0.15, 0.2) is 18.2 Å². The van der Waals surface area contributed by atoms with E-state index >= 15 is 0 Å². The zero-order valence-electron chi connectivity index (χ0n) is 11.4. The van der Waals surface area contributed by atoms with Crippen molar-refractivity contribution in [1.29, 1.82) is 0 Å². The zero-order chi connectivity index (χ0) is 14.1. The summed E-state index contributed by atoms with van der Waals surface area (Å²) in [4.78, 5) is 6.55. The van der Waals surface area contributed by atoms with Crippen molar-refractivity contribution in [3.05, 3.63) is 29.6 Å². The van der Waals surface area contributed by atoms with Crippen molar-refractivity contribution >= 4 is 5.95 Å². The van der Waals surface area contributed by atoms with Gasteiger partial charge in [0.05, 0.1) is 0 Å². The first-order valence-corrected chi connectivity index (χ1v) is 6.83. The summed E-state index contributed by atoms with van der Waals surface area (Å²) in [6, 6.07) is 4.83. The number of aryl methyl sites for hydroxylation is 1. The average Bonchev–Trinajstić information content (AvgIpc) is 2.91. The number of piperidine rings is 1. The summed E-state index contributed by atoms with van der Waals surface area (Å²) >= 11 is 0. The second-order valence-corrected chi connectivity index (χ2v) is 5.29. The van der Waals surface area contributed by atoms with Gasteiger partial charge in [-0.3, -0.25) is 5.10 Å². The number of nitrogens with zero attached hydrogens (tertiary/aromatic N) is 3. The van der Waals surface area contributed by atoms with Crippen LogP contribution in [0.4, 0.5) is 10.3 Å². The maximum absolute atomic E-state index is 13.4. The van der Waals surface area contributed by atoms with E-state index < -0.39 is 0 Å². The third kappa shape index (κ3) is 2.51. The van der Waals surface area contributed by atoms with E-state index in [1.54, 1.807) is 6.07 Å². The van der Waals surface area contributed by atoms with E-state index in [-0.39, 0.29) is 11.9 Å². The highest BCUT2D eigenvalue weighted by Crippen LogP contribution is 2.23. The molecule has 2 aromatic rings. The molecule has 1 aliphatic heterocycles. The molecule has 1 fully saturated rings. The molecule has 3 N–H and O–H groups in total. The van der Waals surface area contributed by atoms with Crippen LogP contribution in [0.3, 0.4) is 0 Å². The summed E-state index contributed by atoms with van der Waals surface area (Å²) in [7, 11) is 0. The Hall–Kier alpha value is -1.95. The van der Waals surface area contributed by atoms with Gasteiger partial charge in [-0.15, -0.1) is 5.10 Å². The van der Waals surface area contributed by atoms with Gasteiger partial charge in [0, 0.05) is 24.7 Å². The van der Waals surface area contributed by atoms with Crippen LogP contribution in [0, 0.1) is 12.7 Å². The largest absolute Gasteiger partial charge is 0.338 e. The third-order valence-electron chi connectivity index (χ3n) is 3.67. The standard InChI is InChI=1S/C14H18FN5/c1-9-4-5-10(15)7-12(9)13-17-14(19-18-13)20-6-2-3-11(16)8-20/h4-5,7,11H,2-3,6,8,16H2,1H3,(H,17,18,19). The Morgan fingerprint density at radius 2 is 2.30 bits per heavy atom. The molecule has 0 aliphatic carbocycles. The summed E-state index contributed by atoms with van der Waals surface area (Å²) in [5, 5.41) is 7.13. The molecule has 0 amide bonds. The topological polar surface area (TPSA) is 70.8 Å². The molecule has 6 heteroatoms. The number of anilines is 1. The molecule has 1 aliphatic rings. The molecule has 106 valence electrons. The predicted molar refractivity (Wildman–Crippen MR) is 75.9 cm³/mol. The van der Waals surface area contributed by atoms with Gasteiger partial charge in [-0.05, 0) is 37.5 Å². The first-order chi connectivity index (χ1) is 9.63. The third-order valence-corrected chi connectivity index (χ3v) is 3.67.